The van der Waals surface area contributed by atoms with Gasteiger partial charge in [-0.3, -0.25) is 10.9 Å². The lowest BCUT2D eigenvalue weighted by Gasteiger charge is -2.11. The molecule has 0 aromatic carbocycles. The van der Waals surface area contributed by atoms with Gasteiger partial charge in [-0.2, -0.15) is 0 Å². The van der Waals surface area contributed by atoms with Gasteiger partial charge in [0, 0.05) is 25.0 Å². The zero-order valence-corrected chi connectivity index (χ0v) is 7.84. The van der Waals surface area contributed by atoms with Gasteiger partial charge in [0.25, 0.3) is 0 Å². The molecule has 1 aromatic heterocycles. The highest BCUT2D eigenvalue weighted by molar-refractivity contribution is 5.04. The van der Waals surface area contributed by atoms with Crippen molar-refractivity contribution in [1.82, 2.24) is 15.8 Å². The Morgan fingerprint density at radius 1 is 1.23 bits per heavy atom. The number of hydrazine groups is 1. The summed E-state index contributed by atoms with van der Waals surface area (Å²) in [6.07, 6.45) is 5.73. The van der Waals surface area contributed by atoms with Gasteiger partial charge in [0.15, 0.2) is 0 Å². The molecule has 2 heterocycles. The van der Waals surface area contributed by atoms with E-state index in [1.54, 1.807) is 0 Å². The molecule has 0 aliphatic carbocycles. The Labute approximate surface area is 78.9 Å². The van der Waals surface area contributed by atoms with Crippen LogP contribution in [-0.2, 0) is 6.42 Å². The topological polar surface area (TPSA) is 39.9 Å². The summed E-state index contributed by atoms with van der Waals surface area (Å²) < 4.78 is 0. The van der Waals surface area contributed by atoms with Gasteiger partial charge in [0.2, 0.25) is 0 Å². The summed E-state index contributed by atoms with van der Waals surface area (Å²) >= 11 is 0. The van der Waals surface area contributed by atoms with Crippen LogP contribution < -0.4 is 10.9 Å². The van der Waals surface area contributed by atoms with Crippen LogP contribution in [0.5, 0.6) is 0 Å². The third-order valence-corrected chi connectivity index (χ3v) is 2.65. The molecule has 1 aliphatic heterocycles. The summed E-state index contributed by atoms with van der Waals surface area (Å²) in [6, 6.07) is 4.24. The standard InChI is InChI=1S/C10H17N3/c1-2-10(11-5-1)8-9-3-6-12-13-7-4-9/h1-2,5,9,11-13H,3-4,6-8H2. The minimum atomic E-state index is 0.821. The average Bonchev–Trinajstić information content (AvgIpc) is 2.49. The maximum atomic E-state index is 3.26. The summed E-state index contributed by atoms with van der Waals surface area (Å²) in [7, 11) is 0. The molecule has 0 amide bonds. The molecule has 1 aliphatic rings. The molecule has 3 nitrogen and oxygen atoms in total. The Morgan fingerprint density at radius 3 is 2.62 bits per heavy atom. The Hall–Kier alpha value is -0.800. The molecule has 1 aromatic rings. The van der Waals surface area contributed by atoms with E-state index in [-0.39, 0.29) is 0 Å². The molecule has 0 radical (unpaired) electrons. The first-order valence-corrected chi connectivity index (χ1v) is 5.03. The number of hydrogen-bond donors (Lipinski definition) is 3. The molecule has 72 valence electrons. The van der Waals surface area contributed by atoms with E-state index in [4.69, 9.17) is 0 Å². The van der Waals surface area contributed by atoms with Crippen molar-refractivity contribution >= 4 is 0 Å². The molecule has 2 rings (SSSR count). The van der Waals surface area contributed by atoms with E-state index < -0.39 is 0 Å². The SMILES string of the molecule is c1c[nH]c(CC2CCNNCC2)c1. The van der Waals surface area contributed by atoms with Crippen LogP contribution in [0.1, 0.15) is 18.5 Å². The summed E-state index contributed by atoms with van der Waals surface area (Å²) in [5, 5.41) is 0. The van der Waals surface area contributed by atoms with Gasteiger partial charge in [-0.15, -0.1) is 0 Å². The highest BCUT2D eigenvalue weighted by Gasteiger charge is 2.12. The van der Waals surface area contributed by atoms with Gasteiger partial charge < -0.3 is 4.98 Å². The van der Waals surface area contributed by atoms with E-state index in [9.17, 15) is 0 Å². The third kappa shape index (κ3) is 2.57. The first kappa shape index (κ1) is 8.78. The van der Waals surface area contributed by atoms with E-state index in [0.717, 1.165) is 19.0 Å². The van der Waals surface area contributed by atoms with Crippen LogP contribution in [0.4, 0.5) is 0 Å². The van der Waals surface area contributed by atoms with Crippen LogP contribution in [-0.4, -0.2) is 18.1 Å². The third-order valence-electron chi connectivity index (χ3n) is 2.65. The smallest absolute Gasteiger partial charge is 0.0149 e. The fraction of sp³-hybridized carbons (Fsp3) is 0.600. The predicted molar refractivity (Wildman–Crippen MR) is 53.2 cm³/mol. The van der Waals surface area contributed by atoms with E-state index in [0.29, 0.717) is 0 Å². The second-order valence-electron chi connectivity index (χ2n) is 3.70. The second-order valence-corrected chi connectivity index (χ2v) is 3.70. The fourth-order valence-corrected chi connectivity index (χ4v) is 1.88. The largest absolute Gasteiger partial charge is 0.365 e. The predicted octanol–water partition coefficient (Wildman–Crippen LogP) is 1.06. The van der Waals surface area contributed by atoms with Crippen molar-refractivity contribution in [2.45, 2.75) is 19.3 Å². The highest BCUT2D eigenvalue weighted by Crippen LogP contribution is 2.14. The average molecular weight is 179 g/mol. The van der Waals surface area contributed by atoms with Crippen molar-refractivity contribution in [2.75, 3.05) is 13.1 Å². The molecule has 1 saturated heterocycles. The zero-order valence-electron chi connectivity index (χ0n) is 7.84. The maximum Gasteiger partial charge on any atom is 0.0149 e. The van der Waals surface area contributed by atoms with Gasteiger partial charge in [0.05, 0.1) is 0 Å². The molecule has 0 bridgehead atoms. The number of rotatable bonds is 2. The van der Waals surface area contributed by atoms with E-state index >= 15 is 0 Å². The Morgan fingerprint density at radius 2 is 2.00 bits per heavy atom. The molecule has 13 heavy (non-hydrogen) atoms. The molecule has 3 N–H and O–H groups in total. The lowest BCUT2D eigenvalue weighted by atomic mass is 9.96. The molecular weight excluding hydrogens is 162 g/mol. The molecule has 0 unspecified atom stereocenters. The lowest BCUT2D eigenvalue weighted by molar-refractivity contribution is 0.475. The first-order chi connectivity index (χ1) is 6.45. The van der Waals surface area contributed by atoms with Crippen LogP contribution in [0.25, 0.3) is 0 Å². The molecule has 0 saturated carbocycles. The summed E-state index contributed by atoms with van der Waals surface area (Å²) in [6.45, 7) is 2.18. The zero-order chi connectivity index (χ0) is 8.93. The summed E-state index contributed by atoms with van der Waals surface area (Å²) in [5.74, 6) is 0.821. The maximum absolute atomic E-state index is 3.26. The normalized spacial score (nSPS) is 20.0. The number of aromatic nitrogens is 1. The minimum Gasteiger partial charge on any atom is -0.365 e. The van der Waals surface area contributed by atoms with Gasteiger partial charge in [-0.05, 0) is 37.3 Å². The Balaban J connectivity index is 1.86. The van der Waals surface area contributed by atoms with Gasteiger partial charge in [0.1, 0.15) is 0 Å². The molecule has 1 fully saturated rings. The molecular formula is C10H17N3. The van der Waals surface area contributed by atoms with E-state index in [1.807, 2.05) is 6.20 Å². The van der Waals surface area contributed by atoms with Crippen molar-refractivity contribution < 1.29 is 0 Å². The van der Waals surface area contributed by atoms with Gasteiger partial charge in [-0.25, -0.2) is 0 Å². The Bertz CT molecular complexity index is 222. The van der Waals surface area contributed by atoms with E-state index in [2.05, 4.69) is 28.0 Å². The molecule has 3 heteroatoms. The van der Waals surface area contributed by atoms with Crippen molar-refractivity contribution in [3.05, 3.63) is 24.0 Å². The van der Waals surface area contributed by atoms with Crippen LogP contribution >= 0.6 is 0 Å². The molecule has 0 spiro atoms. The quantitative estimate of drug-likeness (QED) is 0.635. The van der Waals surface area contributed by atoms with Crippen LogP contribution in [0.15, 0.2) is 18.3 Å². The minimum absolute atomic E-state index is 0.821. The van der Waals surface area contributed by atoms with Crippen LogP contribution in [0, 0.1) is 5.92 Å². The van der Waals surface area contributed by atoms with Crippen molar-refractivity contribution in [2.24, 2.45) is 5.92 Å². The monoisotopic (exact) mass is 179 g/mol. The van der Waals surface area contributed by atoms with Gasteiger partial charge >= 0.3 is 0 Å². The summed E-state index contributed by atoms with van der Waals surface area (Å²) in [4.78, 5) is 3.26. The molecule has 0 atom stereocenters. The van der Waals surface area contributed by atoms with Crippen LogP contribution in [0.2, 0.25) is 0 Å². The highest BCUT2D eigenvalue weighted by atomic mass is 15.3. The Kier molecular flexibility index (Phi) is 3.00. The van der Waals surface area contributed by atoms with Crippen LogP contribution in [0.3, 0.4) is 0 Å². The second kappa shape index (κ2) is 4.44. The summed E-state index contributed by atoms with van der Waals surface area (Å²) in [5.41, 5.74) is 7.76. The number of hydrogen-bond acceptors (Lipinski definition) is 2. The first-order valence-electron chi connectivity index (χ1n) is 5.03. The van der Waals surface area contributed by atoms with Gasteiger partial charge in [-0.1, -0.05) is 0 Å². The fourth-order valence-electron chi connectivity index (χ4n) is 1.88. The van der Waals surface area contributed by atoms with Crippen molar-refractivity contribution in [1.29, 1.82) is 0 Å². The van der Waals surface area contributed by atoms with Crippen molar-refractivity contribution in [3.63, 3.8) is 0 Å². The van der Waals surface area contributed by atoms with E-state index in [1.165, 1.54) is 25.0 Å². The van der Waals surface area contributed by atoms with Crippen molar-refractivity contribution in [3.8, 4) is 0 Å². The number of aromatic amines is 1. The number of H-pyrrole nitrogens is 1. The number of nitrogens with one attached hydrogen (secondary N) is 3. The lowest BCUT2D eigenvalue weighted by Crippen LogP contribution is -2.30.